The molecule has 9 nitrogen and oxygen atoms in total. The van der Waals surface area contributed by atoms with Crippen LogP contribution >= 0.6 is 11.6 Å². The number of fused-ring (bicyclic) bond motifs is 1. The Balaban J connectivity index is 1.90. The topological polar surface area (TPSA) is 126 Å². The summed E-state index contributed by atoms with van der Waals surface area (Å²) in [5, 5.41) is 33.0. The monoisotopic (exact) mass is 355 g/mol. The average Bonchev–Trinajstić information content (AvgIpc) is 3.10. The van der Waals surface area contributed by atoms with Crippen molar-refractivity contribution in [3.8, 4) is 0 Å². The zero-order chi connectivity index (χ0) is 17.3. The zero-order valence-electron chi connectivity index (χ0n) is 12.9. The first-order valence-electron chi connectivity index (χ1n) is 7.39. The molecule has 0 radical (unpaired) electrons. The van der Waals surface area contributed by atoms with Crippen LogP contribution in [0, 0.1) is 0 Å². The highest BCUT2D eigenvalue weighted by molar-refractivity contribution is 6.29. The number of aliphatic hydroxyl groups is 3. The summed E-state index contributed by atoms with van der Waals surface area (Å²) in [5.41, 5.74) is 0.935. The van der Waals surface area contributed by atoms with Gasteiger partial charge in [0.2, 0.25) is 0 Å². The van der Waals surface area contributed by atoms with Gasteiger partial charge in [-0.25, -0.2) is 15.0 Å². The van der Waals surface area contributed by atoms with E-state index >= 15 is 0 Å². The van der Waals surface area contributed by atoms with Gasteiger partial charge in [-0.15, -0.1) is 0 Å². The fourth-order valence-corrected chi connectivity index (χ4v) is 2.64. The number of imidazole rings is 1. The summed E-state index contributed by atoms with van der Waals surface area (Å²) in [6, 6.07) is 0. The average molecular weight is 356 g/mol. The fraction of sp³-hybridized carbons (Fsp3) is 0.500. The van der Waals surface area contributed by atoms with E-state index < -0.39 is 31.1 Å². The lowest BCUT2D eigenvalue weighted by Crippen LogP contribution is -2.33. The Hall–Kier alpha value is -1.78. The maximum Gasteiger partial charge on any atom is 0.167 e. The smallest absolute Gasteiger partial charge is 0.167 e. The molecule has 0 spiro atoms. The number of hydrogen-bond donors (Lipinski definition) is 4. The number of ether oxygens (including phenoxy) is 1. The van der Waals surface area contributed by atoms with Gasteiger partial charge in [-0.05, 0) is 6.92 Å². The number of aromatic nitrogens is 4. The first-order chi connectivity index (χ1) is 11.5. The molecule has 3 rings (SSSR count). The van der Waals surface area contributed by atoms with Crippen LogP contribution in [0.3, 0.4) is 0 Å². The second kappa shape index (κ2) is 6.99. The third kappa shape index (κ3) is 3.08. The van der Waals surface area contributed by atoms with Crippen molar-refractivity contribution in [1.82, 2.24) is 19.5 Å². The van der Waals surface area contributed by atoms with Crippen molar-refractivity contribution < 1.29 is 20.1 Å². The highest BCUT2D eigenvalue weighted by Crippen LogP contribution is 2.31. The van der Waals surface area contributed by atoms with Gasteiger partial charge in [0.1, 0.15) is 24.6 Å². The molecule has 130 valence electrons. The van der Waals surface area contributed by atoms with Gasteiger partial charge < -0.3 is 25.4 Å². The standard InChI is InChI=1S/C14H18ClN5O4/c1-7(15)2-3-16-12-9-13(18-5-17-12)20(6-19-9)14-11(23)10(22)8(4-21)24-14/h2,5-6,8,10-11,14,21-23H,3-4H2,1H3,(H,16,17,18)/b7-2+/t8-,10-,11-,14-/m1/s1. The predicted octanol–water partition coefficient (Wildman–Crippen LogP) is -0.00770. The number of allylic oxidation sites excluding steroid dienone is 1. The quantitative estimate of drug-likeness (QED) is 0.590. The lowest BCUT2D eigenvalue weighted by atomic mass is 10.1. The van der Waals surface area contributed by atoms with Crippen molar-refractivity contribution in [3.63, 3.8) is 0 Å². The Morgan fingerprint density at radius 3 is 2.83 bits per heavy atom. The van der Waals surface area contributed by atoms with Gasteiger partial charge in [-0.2, -0.15) is 0 Å². The summed E-state index contributed by atoms with van der Waals surface area (Å²) in [7, 11) is 0. The lowest BCUT2D eigenvalue weighted by Gasteiger charge is -2.16. The summed E-state index contributed by atoms with van der Waals surface area (Å²) in [5.74, 6) is 0.514. The molecule has 1 aliphatic heterocycles. The number of aliphatic hydroxyl groups excluding tert-OH is 3. The second-order valence-electron chi connectivity index (χ2n) is 5.45. The molecule has 2 aromatic rings. The molecule has 0 bridgehead atoms. The maximum atomic E-state index is 10.1. The minimum atomic E-state index is -1.20. The molecule has 3 heterocycles. The molecule has 1 fully saturated rings. The summed E-state index contributed by atoms with van der Waals surface area (Å²) in [4.78, 5) is 12.6. The number of nitrogens with one attached hydrogen (secondary N) is 1. The van der Waals surface area contributed by atoms with E-state index in [9.17, 15) is 15.3 Å². The summed E-state index contributed by atoms with van der Waals surface area (Å²) >= 11 is 5.79. The Kier molecular flexibility index (Phi) is 4.97. The van der Waals surface area contributed by atoms with E-state index in [-0.39, 0.29) is 0 Å². The number of rotatable bonds is 5. The number of halogens is 1. The van der Waals surface area contributed by atoms with E-state index in [2.05, 4.69) is 20.3 Å². The Bertz CT molecular complexity index is 748. The minimum absolute atomic E-state index is 0.396. The Morgan fingerprint density at radius 1 is 1.38 bits per heavy atom. The largest absolute Gasteiger partial charge is 0.394 e. The zero-order valence-corrected chi connectivity index (χ0v) is 13.6. The summed E-state index contributed by atoms with van der Waals surface area (Å²) in [6.07, 6.45) is 0.461. The number of anilines is 1. The third-order valence-electron chi connectivity index (χ3n) is 3.80. The van der Waals surface area contributed by atoms with Crippen molar-refractivity contribution >= 4 is 28.6 Å². The van der Waals surface area contributed by atoms with Crippen LogP contribution in [0.15, 0.2) is 23.8 Å². The molecule has 2 aromatic heterocycles. The van der Waals surface area contributed by atoms with E-state index in [0.717, 1.165) is 0 Å². The van der Waals surface area contributed by atoms with E-state index in [1.165, 1.54) is 17.2 Å². The Labute approximate surface area is 142 Å². The number of hydrogen-bond acceptors (Lipinski definition) is 8. The first-order valence-corrected chi connectivity index (χ1v) is 7.77. The molecule has 0 aliphatic carbocycles. The van der Waals surface area contributed by atoms with Crippen LogP contribution in [0.2, 0.25) is 0 Å². The van der Waals surface area contributed by atoms with Crippen LogP contribution in [0.5, 0.6) is 0 Å². The van der Waals surface area contributed by atoms with Crippen LogP contribution in [0.4, 0.5) is 5.82 Å². The molecular weight excluding hydrogens is 338 g/mol. The predicted molar refractivity (Wildman–Crippen MR) is 86.4 cm³/mol. The molecule has 0 aromatic carbocycles. The molecule has 1 aliphatic rings. The molecule has 0 amide bonds. The van der Waals surface area contributed by atoms with Gasteiger partial charge in [0.15, 0.2) is 23.2 Å². The van der Waals surface area contributed by atoms with Crippen molar-refractivity contribution in [2.75, 3.05) is 18.5 Å². The normalized spacial score (nSPS) is 27.8. The fourth-order valence-electron chi connectivity index (χ4n) is 2.57. The van der Waals surface area contributed by atoms with Crippen LogP contribution in [-0.4, -0.2) is 66.3 Å². The second-order valence-corrected chi connectivity index (χ2v) is 6.04. The highest BCUT2D eigenvalue weighted by atomic mass is 35.5. The SMILES string of the molecule is C/C(Cl)=C\CNc1ncnc2c1ncn2[C@@H]1O[C@H](CO)[C@@H](O)[C@H]1O. The molecule has 0 saturated carbocycles. The third-order valence-corrected chi connectivity index (χ3v) is 3.96. The van der Waals surface area contributed by atoms with Gasteiger partial charge >= 0.3 is 0 Å². The van der Waals surface area contributed by atoms with Crippen LogP contribution in [-0.2, 0) is 4.74 Å². The van der Waals surface area contributed by atoms with E-state index in [1.807, 2.05) is 0 Å². The minimum Gasteiger partial charge on any atom is -0.394 e. The van der Waals surface area contributed by atoms with Gasteiger partial charge in [-0.3, -0.25) is 4.57 Å². The molecule has 0 unspecified atom stereocenters. The van der Waals surface area contributed by atoms with Gasteiger partial charge in [0.25, 0.3) is 0 Å². The maximum absolute atomic E-state index is 10.1. The van der Waals surface area contributed by atoms with Crippen LogP contribution in [0.25, 0.3) is 11.2 Å². The molecular formula is C14H18ClN5O4. The van der Waals surface area contributed by atoms with E-state index in [1.54, 1.807) is 13.0 Å². The van der Waals surface area contributed by atoms with E-state index in [0.29, 0.717) is 28.6 Å². The lowest BCUT2D eigenvalue weighted by molar-refractivity contribution is -0.0511. The van der Waals surface area contributed by atoms with Crippen molar-refractivity contribution in [2.24, 2.45) is 0 Å². The van der Waals surface area contributed by atoms with Crippen molar-refractivity contribution in [1.29, 1.82) is 0 Å². The van der Waals surface area contributed by atoms with E-state index in [4.69, 9.17) is 16.3 Å². The van der Waals surface area contributed by atoms with Gasteiger partial charge in [-0.1, -0.05) is 17.7 Å². The van der Waals surface area contributed by atoms with Crippen LogP contribution < -0.4 is 5.32 Å². The van der Waals surface area contributed by atoms with Gasteiger partial charge in [0, 0.05) is 11.6 Å². The molecule has 10 heteroatoms. The number of nitrogens with zero attached hydrogens (tertiary/aromatic N) is 4. The summed E-state index contributed by atoms with van der Waals surface area (Å²) in [6.45, 7) is 1.85. The first kappa shape index (κ1) is 17.1. The molecule has 1 saturated heterocycles. The van der Waals surface area contributed by atoms with Gasteiger partial charge in [0.05, 0.1) is 12.9 Å². The molecule has 4 atom stereocenters. The Morgan fingerprint density at radius 2 is 2.17 bits per heavy atom. The summed E-state index contributed by atoms with van der Waals surface area (Å²) < 4.78 is 7.01. The molecule has 24 heavy (non-hydrogen) atoms. The highest BCUT2D eigenvalue weighted by Gasteiger charge is 2.43. The van der Waals surface area contributed by atoms with Crippen molar-refractivity contribution in [3.05, 3.63) is 23.8 Å². The van der Waals surface area contributed by atoms with Crippen LogP contribution in [0.1, 0.15) is 13.2 Å². The molecule has 4 N–H and O–H groups in total. The van der Waals surface area contributed by atoms with Crippen molar-refractivity contribution in [2.45, 2.75) is 31.5 Å².